The maximum atomic E-state index is 12.2. The van der Waals surface area contributed by atoms with Gasteiger partial charge in [-0.1, -0.05) is 41.4 Å². The number of aromatic nitrogens is 1. The predicted octanol–water partition coefficient (Wildman–Crippen LogP) is 4.42. The van der Waals surface area contributed by atoms with Crippen LogP contribution in [0.5, 0.6) is 0 Å². The molecule has 1 heterocycles. The van der Waals surface area contributed by atoms with Crippen molar-refractivity contribution < 1.29 is 4.79 Å². The Morgan fingerprint density at radius 3 is 2.64 bits per heavy atom. The third-order valence-electron chi connectivity index (χ3n) is 3.66. The summed E-state index contributed by atoms with van der Waals surface area (Å²) in [6, 6.07) is 15.0. The van der Waals surface area contributed by atoms with E-state index in [9.17, 15) is 4.79 Å². The number of nitrogens with zero attached hydrogens (tertiary/aromatic N) is 1. The molecule has 0 fully saturated rings. The summed E-state index contributed by atoms with van der Waals surface area (Å²) in [5, 5.41) is 4.90. The van der Waals surface area contributed by atoms with Crippen LogP contribution in [-0.2, 0) is 13.6 Å². The second-order valence-electron chi connectivity index (χ2n) is 5.06. The topological polar surface area (TPSA) is 34.0 Å². The summed E-state index contributed by atoms with van der Waals surface area (Å²) in [7, 11) is 1.99. The van der Waals surface area contributed by atoms with Gasteiger partial charge in [-0.25, -0.2) is 0 Å². The lowest BCUT2D eigenvalue weighted by Gasteiger charge is -2.08. The van der Waals surface area contributed by atoms with E-state index < -0.39 is 0 Å². The molecule has 5 heteroatoms. The monoisotopic (exact) mass is 332 g/mol. The molecule has 1 aromatic heterocycles. The number of para-hydroxylation sites is 1. The van der Waals surface area contributed by atoms with Crippen molar-refractivity contribution in [3.63, 3.8) is 0 Å². The number of aryl methyl sites for hydroxylation is 1. The highest BCUT2D eigenvalue weighted by molar-refractivity contribution is 6.36. The second-order valence-corrected chi connectivity index (χ2v) is 5.90. The number of benzene rings is 2. The van der Waals surface area contributed by atoms with Crippen molar-refractivity contribution in [2.75, 3.05) is 0 Å². The summed E-state index contributed by atoms with van der Waals surface area (Å²) in [4.78, 5) is 12.2. The number of nitrogens with one attached hydrogen (secondary N) is 1. The van der Waals surface area contributed by atoms with Gasteiger partial charge in [0.15, 0.2) is 0 Å². The molecular formula is C17H14Cl2N2O. The Kier molecular flexibility index (Phi) is 4.10. The highest BCUT2D eigenvalue weighted by Gasteiger charge is 2.12. The molecule has 22 heavy (non-hydrogen) atoms. The highest BCUT2D eigenvalue weighted by atomic mass is 35.5. The van der Waals surface area contributed by atoms with Crippen molar-refractivity contribution in [3.05, 3.63) is 69.8 Å². The van der Waals surface area contributed by atoms with E-state index in [1.54, 1.807) is 18.2 Å². The normalized spacial score (nSPS) is 10.9. The fourth-order valence-electron chi connectivity index (χ4n) is 2.46. The number of hydrogen-bond donors (Lipinski definition) is 1. The molecule has 1 N–H and O–H groups in total. The summed E-state index contributed by atoms with van der Waals surface area (Å²) in [6.07, 6.45) is 0. The SMILES string of the molecule is Cn1c(CNC(=O)c2ccc(Cl)cc2Cl)cc2ccccc21. The smallest absolute Gasteiger partial charge is 0.253 e. The largest absolute Gasteiger partial charge is 0.346 e. The van der Waals surface area contributed by atoms with Gasteiger partial charge in [-0.3, -0.25) is 4.79 Å². The van der Waals surface area contributed by atoms with E-state index in [4.69, 9.17) is 23.2 Å². The maximum Gasteiger partial charge on any atom is 0.253 e. The number of amides is 1. The van der Waals surface area contributed by atoms with E-state index >= 15 is 0 Å². The number of carbonyl (C=O) groups excluding carboxylic acids is 1. The van der Waals surface area contributed by atoms with Crippen molar-refractivity contribution in [2.45, 2.75) is 6.54 Å². The average molecular weight is 333 g/mol. The van der Waals surface area contributed by atoms with E-state index in [0.29, 0.717) is 22.2 Å². The lowest BCUT2D eigenvalue weighted by Crippen LogP contribution is -2.24. The molecule has 3 aromatic rings. The Labute approximate surface area is 138 Å². The standard InChI is InChI=1S/C17H14Cl2N2O/c1-21-13(8-11-4-2-3-5-16(11)21)10-20-17(22)14-7-6-12(18)9-15(14)19/h2-9H,10H2,1H3,(H,20,22). The van der Waals surface area contributed by atoms with Crippen molar-refractivity contribution in [1.82, 2.24) is 9.88 Å². The van der Waals surface area contributed by atoms with Crippen LogP contribution in [0.25, 0.3) is 10.9 Å². The zero-order valence-corrected chi connectivity index (χ0v) is 13.4. The second kappa shape index (κ2) is 6.03. The Morgan fingerprint density at radius 2 is 1.91 bits per heavy atom. The van der Waals surface area contributed by atoms with Crippen LogP contribution in [0.3, 0.4) is 0 Å². The number of halogens is 2. The zero-order chi connectivity index (χ0) is 15.7. The first-order valence-corrected chi connectivity index (χ1v) is 7.58. The molecule has 0 aliphatic heterocycles. The molecular weight excluding hydrogens is 319 g/mol. The fraction of sp³-hybridized carbons (Fsp3) is 0.118. The highest BCUT2D eigenvalue weighted by Crippen LogP contribution is 2.21. The molecule has 2 aromatic carbocycles. The van der Waals surface area contributed by atoms with Crippen molar-refractivity contribution >= 4 is 40.0 Å². The molecule has 0 saturated heterocycles. The van der Waals surface area contributed by atoms with Gasteiger partial charge in [0.1, 0.15) is 0 Å². The molecule has 3 rings (SSSR count). The van der Waals surface area contributed by atoms with Gasteiger partial charge in [0.05, 0.1) is 17.1 Å². The molecule has 0 aliphatic carbocycles. The van der Waals surface area contributed by atoms with Gasteiger partial charge in [0, 0.05) is 23.3 Å². The molecule has 1 amide bonds. The average Bonchev–Trinajstić information content (AvgIpc) is 2.82. The molecule has 0 spiro atoms. The van der Waals surface area contributed by atoms with E-state index in [0.717, 1.165) is 16.6 Å². The van der Waals surface area contributed by atoms with Gasteiger partial charge in [-0.2, -0.15) is 0 Å². The van der Waals surface area contributed by atoms with Gasteiger partial charge in [-0.15, -0.1) is 0 Å². The van der Waals surface area contributed by atoms with E-state index in [1.165, 1.54) is 0 Å². The fourth-order valence-corrected chi connectivity index (χ4v) is 2.95. The van der Waals surface area contributed by atoms with Crippen LogP contribution in [0, 0.1) is 0 Å². The lowest BCUT2D eigenvalue weighted by molar-refractivity contribution is 0.0950. The minimum absolute atomic E-state index is 0.216. The first-order chi connectivity index (χ1) is 10.6. The van der Waals surface area contributed by atoms with Gasteiger partial charge in [0.25, 0.3) is 5.91 Å². The van der Waals surface area contributed by atoms with Crippen LogP contribution in [-0.4, -0.2) is 10.5 Å². The van der Waals surface area contributed by atoms with Crippen molar-refractivity contribution in [3.8, 4) is 0 Å². The molecule has 112 valence electrons. The molecule has 0 radical (unpaired) electrons. The van der Waals surface area contributed by atoms with Crippen LogP contribution >= 0.6 is 23.2 Å². The molecule has 0 atom stereocenters. The lowest BCUT2D eigenvalue weighted by atomic mass is 10.2. The molecule has 0 bridgehead atoms. The zero-order valence-electron chi connectivity index (χ0n) is 11.9. The van der Waals surface area contributed by atoms with Gasteiger partial charge in [0.2, 0.25) is 0 Å². The summed E-state index contributed by atoms with van der Waals surface area (Å²) in [6.45, 7) is 0.434. The number of carbonyl (C=O) groups is 1. The van der Waals surface area contributed by atoms with Crippen molar-refractivity contribution in [2.24, 2.45) is 7.05 Å². The molecule has 0 saturated carbocycles. The minimum atomic E-state index is -0.216. The van der Waals surface area contributed by atoms with Gasteiger partial charge < -0.3 is 9.88 Å². The van der Waals surface area contributed by atoms with Crippen LogP contribution < -0.4 is 5.32 Å². The first kappa shape index (κ1) is 14.9. The quantitative estimate of drug-likeness (QED) is 0.757. The Hall–Kier alpha value is -1.97. The van der Waals surface area contributed by atoms with Crippen LogP contribution in [0.2, 0.25) is 10.0 Å². The molecule has 0 aliphatic rings. The van der Waals surface area contributed by atoms with Crippen molar-refractivity contribution in [1.29, 1.82) is 0 Å². The molecule has 3 nitrogen and oxygen atoms in total. The molecule has 0 unspecified atom stereocenters. The summed E-state index contributed by atoms with van der Waals surface area (Å²) >= 11 is 11.9. The minimum Gasteiger partial charge on any atom is -0.346 e. The Bertz CT molecular complexity index is 855. The third kappa shape index (κ3) is 2.82. The van der Waals surface area contributed by atoms with E-state index in [2.05, 4.69) is 28.1 Å². The third-order valence-corrected chi connectivity index (χ3v) is 4.20. The van der Waals surface area contributed by atoms with E-state index in [1.807, 2.05) is 19.2 Å². The number of hydrogen-bond acceptors (Lipinski definition) is 1. The Morgan fingerprint density at radius 1 is 1.14 bits per heavy atom. The number of fused-ring (bicyclic) bond motifs is 1. The number of rotatable bonds is 3. The van der Waals surface area contributed by atoms with Crippen LogP contribution in [0.4, 0.5) is 0 Å². The first-order valence-electron chi connectivity index (χ1n) is 6.83. The van der Waals surface area contributed by atoms with Gasteiger partial charge in [-0.05, 0) is 35.7 Å². The van der Waals surface area contributed by atoms with Crippen LogP contribution in [0.15, 0.2) is 48.5 Å². The van der Waals surface area contributed by atoms with Crippen LogP contribution in [0.1, 0.15) is 16.1 Å². The summed E-state index contributed by atoms with van der Waals surface area (Å²) in [5.74, 6) is -0.216. The van der Waals surface area contributed by atoms with E-state index in [-0.39, 0.29) is 5.91 Å². The summed E-state index contributed by atoms with van der Waals surface area (Å²) < 4.78 is 2.07. The Balaban J connectivity index is 1.79. The predicted molar refractivity (Wildman–Crippen MR) is 90.6 cm³/mol. The van der Waals surface area contributed by atoms with Gasteiger partial charge >= 0.3 is 0 Å². The maximum absolute atomic E-state index is 12.2. The summed E-state index contributed by atoms with van der Waals surface area (Å²) in [5.41, 5.74) is 2.58.